The topological polar surface area (TPSA) is 63.2 Å². The van der Waals surface area contributed by atoms with Crippen molar-refractivity contribution in [1.82, 2.24) is 0 Å². The third-order valence-electron chi connectivity index (χ3n) is 3.18. The maximum absolute atomic E-state index is 12.2. The first-order valence-electron chi connectivity index (χ1n) is 6.79. The van der Waals surface area contributed by atoms with E-state index >= 15 is 0 Å². The van der Waals surface area contributed by atoms with E-state index in [2.05, 4.69) is 0 Å². The van der Waals surface area contributed by atoms with Gasteiger partial charge in [-0.1, -0.05) is 0 Å². The van der Waals surface area contributed by atoms with Crippen LogP contribution in [0.3, 0.4) is 0 Å². The number of methoxy groups -OCH3 is 4. The smallest absolute Gasteiger partial charge is 0.343 e. The lowest BCUT2D eigenvalue weighted by Gasteiger charge is -2.11. The molecule has 0 aliphatic heterocycles. The molecule has 23 heavy (non-hydrogen) atoms. The zero-order valence-corrected chi connectivity index (χ0v) is 13.4. The van der Waals surface area contributed by atoms with Crippen molar-refractivity contribution >= 4 is 5.97 Å². The lowest BCUT2D eigenvalue weighted by molar-refractivity contribution is 0.0734. The first-order chi connectivity index (χ1) is 11.1. The molecule has 0 amide bonds. The van der Waals surface area contributed by atoms with E-state index in [0.717, 1.165) is 0 Å². The van der Waals surface area contributed by atoms with Crippen molar-refractivity contribution < 1.29 is 28.5 Å². The molecule has 0 spiro atoms. The number of ether oxygens (including phenoxy) is 5. The Morgan fingerprint density at radius 1 is 0.696 bits per heavy atom. The van der Waals surface area contributed by atoms with E-state index in [1.807, 2.05) is 0 Å². The fraction of sp³-hybridized carbons (Fsp3) is 0.235. The molecule has 6 nitrogen and oxygen atoms in total. The largest absolute Gasteiger partial charge is 0.493 e. The molecule has 0 saturated heterocycles. The van der Waals surface area contributed by atoms with Crippen molar-refractivity contribution in [2.24, 2.45) is 0 Å². The normalized spacial score (nSPS) is 9.91. The van der Waals surface area contributed by atoms with Gasteiger partial charge in [0, 0.05) is 6.07 Å². The predicted octanol–water partition coefficient (Wildman–Crippen LogP) is 2.94. The molecule has 0 bridgehead atoms. The Morgan fingerprint density at radius 2 is 1.22 bits per heavy atom. The van der Waals surface area contributed by atoms with Crippen LogP contribution in [0.1, 0.15) is 10.4 Å². The number of esters is 1. The number of carbonyl (C=O) groups is 1. The summed E-state index contributed by atoms with van der Waals surface area (Å²) in [6.45, 7) is 0. The summed E-state index contributed by atoms with van der Waals surface area (Å²) in [7, 11) is 6.08. The lowest BCUT2D eigenvalue weighted by Crippen LogP contribution is -2.09. The van der Waals surface area contributed by atoms with Gasteiger partial charge in [-0.2, -0.15) is 0 Å². The van der Waals surface area contributed by atoms with E-state index in [4.69, 9.17) is 23.7 Å². The second kappa shape index (κ2) is 7.40. The van der Waals surface area contributed by atoms with E-state index in [1.165, 1.54) is 28.4 Å². The molecular weight excluding hydrogens is 300 g/mol. The summed E-state index contributed by atoms with van der Waals surface area (Å²) < 4.78 is 26.0. The Labute approximate surface area is 134 Å². The van der Waals surface area contributed by atoms with Crippen LogP contribution in [-0.4, -0.2) is 34.4 Å². The Balaban J connectivity index is 2.22. The quantitative estimate of drug-likeness (QED) is 0.603. The molecule has 2 aromatic carbocycles. The highest BCUT2D eigenvalue weighted by Gasteiger charge is 2.14. The van der Waals surface area contributed by atoms with Gasteiger partial charge < -0.3 is 23.7 Å². The molecule has 0 aliphatic carbocycles. The summed E-state index contributed by atoms with van der Waals surface area (Å²) >= 11 is 0. The van der Waals surface area contributed by atoms with Crippen LogP contribution in [0.4, 0.5) is 0 Å². The Kier molecular flexibility index (Phi) is 5.30. The molecule has 0 unspecified atom stereocenters. The summed E-state index contributed by atoms with van der Waals surface area (Å²) in [6, 6.07) is 9.67. The third kappa shape index (κ3) is 3.66. The van der Waals surface area contributed by atoms with Gasteiger partial charge in [-0.15, -0.1) is 0 Å². The number of hydrogen-bond acceptors (Lipinski definition) is 6. The number of hydrogen-bond donors (Lipinski definition) is 0. The molecule has 2 rings (SSSR count). The van der Waals surface area contributed by atoms with Crippen molar-refractivity contribution in [3.63, 3.8) is 0 Å². The third-order valence-corrected chi connectivity index (χ3v) is 3.18. The Hall–Kier alpha value is -2.89. The molecule has 6 heteroatoms. The number of benzene rings is 2. The van der Waals surface area contributed by atoms with Crippen LogP contribution in [0.15, 0.2) is 36.4 Å². The zero-order valence-electron chi connectivity index (χ0n) is 13.4. The van der Waals surface area contributed by atoms with E-state index in [-0.39, 0.29) is 0 Å². The van der Waals surface area contributed by atoms with Crippen molar-refractivity contribution in [2.45, 2.75) is 0 Å². The molecule has 0 N–H and O–H groups in total. The summed E-state index contributed by atoms with van der Waals surface area (Å²) in [6.07, 6.45) is 0. The first-order valence-corrected chi connectivity index (χ1v) is 6.79. The number of rotatable bonds is 6. The Morgan fingerprint density at radius 3 is 1.78 bits per heavy atom. The van der Waals surface area contributed by atoms with Crippen molar-refractivity contribution in [3.05, 3.63) is 42.0 Å². The predicted molar refractivity (Wildman–Crippen MR) is 84.1 cm³/mol. The van der Waals surface area contributed by atoms with Gasteiger partial charge in [0.15, 0.2) is 23.0 Å². The fourth-order valence-electron chi connectivity index (χ4n) is 2.01. The van der Waals surface area contributed by atoms with Gasteiger partial charge in [0.25, 0.3) is 0 Å². The molecule has 0 atom stereocenters. The van der Waals surface area contributed by atoms with E-state index in [0.29, 0.717) is 34.3 Å². The van der Waals surface area contributed by atoms with Crippen LogP contribution in [0.2, 0.25) is 0 Å². The maximum Gasteiger partial charge on any atom is 0.343 e. The zero-order chi connectivity index (χ0) is 16.8. The molecule has 2 aromatic rings. The molecule has 122 valence electrons. The monoisotopic (exact) mass is 318 g/mol. The van der Waals surface area contributed by atoms with Crippen LogP contribution in [0.5, 0.6) is 28.7 Å². The second-order valence-corrected chi connectivity index (χ2v) is 4.48. The van der Waals surface area contributed by atoms with Crippen LogP contribution < -0.4 is 23.7 Å². The highest BCUT2D eigenvalue weighted by Crippen LogP contribution is 2.32. The molecule has 0 aliphatic rings. The molecule has 0 heterocycles. The van der Waals surface area contributed by atoms with E-state index < -0.39 is 5.97 Å². The second-order valence-electron chi connectivity index (χ2n) is 4.48. The van der Waals surface area contributed by atoms with Crippen LogP contribution in [0, 0.1) is 0 Å². The van der Waals surface area contributed by atoms with Gasteiger partial charge in [0.1, 0.15) is 5.75 Å². The minimum Gasteiger partial charge on any atom is -0.493 e. The van der Waals surface area contributed by atoms with Gasteiger partial charge in [0.05, 0.1) is 34.0 Å². The van der Waals surface area contributed by atoms with Gasteiger partial charge in [-0.3, -0.25) is 0 Å². The summed E-state index contributed by atoms with van der Waals surface area (Å²) in [5, 5.41) is 0. The van der Waals surface area contributed by atoms with Crippen molar-refractivity contribution in [3.8, 4) is 28.7 Å². The number of carbonyl (C=O) groups excluding carboxylic acids is 1. The molecule has 0 fully saturated rings. The Bertz CT molecular complexity index is 695. The fourth-order valence-corrected chi connectivity index (χ4v) is 2.01. The van der Waals surface area contributed by atoms with Crippen molar-refractivity contribution in [1.29, 1.82) is 0 Å². The maximum atomic E-state index is 12.2. The van der Waals surface area contributed by atoms with Gasteiger partial charge in [0.2, 0.25) is 0 Å². The molecular formula is C17H18O6. The van der Waals surface area contributed by atoms with Gasteiger partial charge in [-0.25, -0.2) is 4.79 Å². The summed E-state index contributed by atoms with van der Waals surface area (Å²) in [5.41, 5.74) is 0.345. The van der Waals surface area contributed by atoms with Crippen LogP contribution in [-0.2, 0) is 0 Å². The average molecular weight is 318 g/mol. The molecule has 0 aromatic heterocycles. The molecule has 0 saturated carbocycles. The van der Waals surface area contributed by atoms with Crippen molar-refractivity contribution in [2.75, 3.05) is 28.4 Å². The highest BCUT2D eigenvalue weighted by atomic mass is 16.5. The van der Waals surface area contributed by atoms with Gasteiger partial charge in [-0.05, 0) is 30.3 Å². The van der Waals surface area contributed by atoms with E-state index in [1.54, 1.807) is 36.4 Å². The van der Waals surface area contributed by atoms with Crippen LogP contribution >= 0.6 is 0 Å². The first kappa shape index (κ1) is 16.5. The molecule has 0 radical (unpaired) electrons. The summed E-state index contributed by atoms with van der Waals surface area (Å²) in [5.74, 6) is 1.86. The summed E-state index contributed by atoms with van der Waals surface area (Å²) in [4.78, 5) is 12.2. The standard InChI is InChI=1S/C17H18O6/c1-19-13-7-5-11(9-15(13)21-3)17(18)23-12-6-8-14(20-2)16(10-12)22-4/h5-10H,1-4H3. The van der Waals surface area contributed by atoms with Gasteiger partial charge >= 0.3 is 5.97 Å². The van der Waals surface area contributed by atoms with E-state index in [9.17, 15) is 4.79 Å². The lowest BCUT2D eigenvalue weighted by atomic mass is 10.2. The SMILES string of the molecule is COc1ccc(OC(=O)c2ccc(OC)c(OC)c2)cc1OC. The minimum absolute atomic E-state index is 0.345. The average Bonchev–Trinajstić information content (AvgIpc) is 2.60. The highest BCUT2D eigenvalue weighted by molar-refractivity contribution is 5.92. The van der Waals surface area contributed by atoms with Crippen LogP contribution in [0.25, 0.3) is 0 Å². The minimum atomic E-state index is -0.516.